The first-order valence-electron chi connectivity index (χ1n) is 34.1. The van der Waals surface area contributed by atoms with E-state index < -0.39 is 23.1 Å². The van der Waals surface area contributed by atoms with E-state index in [1.807, 2.05) is 19.9 Å². The van der Waals surface area contributed by atoms with Gasteiger partial charge in [-0.05, 0) is 212 Å². The van der Waals surface area contributed by atoms with E-state index in [-0.39, 0.29) is 81.4 Å². The molecule has 0 bridgehead atoms. The zero-order chi connectivity index (χ0) is 73.3. The van der Waals surface area contributed by atoms with Crippen LogP contribution in [-0.2, 0) is 48.5 Å². The molecule has 0 aliphatic heterocycles. The molecule has 100 heavy (non-hydrogen) atoms. The van der Waals surface area contributed by atoms with Crippen molar-refractivity contribution in [1.29, 1.82) is 0 Å². The minimum atomic E-state index is -1.28. The first-order chi connectivity index (χ1) is 47.8. The minimum Gasteiger partial charge on any atom is -0.466 e. The van der Waals surface area contributed by atoms with Crippen molar-refractivity contribution in [1.82, 2.24) is 24.9 Å². The van der Waals surface area contributed by atoms with Crippen LogP contribution in [-0.4, -0.2) is 97.8 Å². The van der Waals surface area contributed by atoms with Gasteiger partial charge in [0.25, 0.3) is 0 Å². The molecule has 2 N–H and O–H groups in total. The van der Waals surface area contributed by atoms with Gasteiger partial charge in [-0.15, -0.1) is 0 Å². The van der Waals surface area contributed by atoms with Crippen LogP contribution in [0.2, 0.25) is 25.1 Å². The summed E-state index contributed by atoms with van der Waals surface area (Å²) in [6.45, 7) is 9.08. The summed E-state index contributed by atoms with van der Waals surface area (Å²) >= 11 is 32.5. The number of Topliss-reactive ketones (excluding diaryl/α,β-unsaturated/α-hetero) is 1. The fraction of sp³-hybridized carbons (Fsp3) is 0.562. The summed E-state index contributed by atoms with van der Waals surface area (Å²) in [5.74, 6) is -0.279. The van der Waals surface area contributed by atoms with Gasteiger partial charge in [-0.3, -0.25) is 43.9 Å². The van der Waals surface area contributed by atoms with E-state index in [1.165, 1.54) is 49.4 Å². The number of hydrogen-bond donors (Lipinski definition) is 2. The summed E-state index contributed by atoms with van der Waals surface area (Å²) in [5, 5.41) is 21.2. The maximum atomic E-state index is 13.9. The maximum Gasteiger partial charge on any atom is 0.306 e. The Morgan fingerprint density at radius 3 is 1.30 bits per heavy atom. The van der Waals surface area contributed by atoms with Gasteiger partial charge < -0.3 is 29.2 Å². The number of esters is 4. The highest BCUT2D eigenvalue weighted by atomic mass is 79.9. The lowest BCUT2D eigenvalue weighted by molar-refractivity contribution is -0.145. The van der Waals surface area contributed by atoms with Crippen molar-refractivity contribution in [2.75, 3.05) is 33.0 Å². The molecule has 0 saturated heterocycles. The second-order valence-corrected chi connectivity index (χ2v) is 28.0. The molecular formula is C73H90BrCl5F5N5O11. The molecule has 5 aromatic rings. The van der Waals surface area contributed by atoms with Crippen LogP contribution in [0, 0.1) is 58.7 Å². The van der Waals surface area contributed by atoms with E-state index in [0.717, 1.165) is 101 Å². The van der Waals surface area contributed by atoms with Gasteiger partial charge in [0.15, 0.2) is 0 Å². The summed E-state index contributed by atoms with van der Waals surface area (Å²) in [6.07, 6.45) is 30.9. The topological polar surface area (TPSA) is 227 Å². The van der Waals surface area contributed by atoms with Crippen molar-refractivity contribution in [3.05, 3.63) is 149 Å². The Labute approximate surface area is 616 Å². The van der Waals surface area contributed by atoms with Crippen molar-refractivity contribution in [2.45, 2.75) is 199 Å². The summed E-state index contributed by atoms with van der Waals surface area (Å²) in [6, 6.07) is 1.19. The molecule has 5 aliphatic carbocycles. The number of aliphatic hydroxyl groups excluding tert-OH is 1. The van der Waals surface area contributed by atoms with Crippen molar-refractivity contribution in [2.24, 2.45) is 29.6 Å². The van der Waals surface area contributed by atoms with Gasteiger partial charge in [0.1, 0.15) is 39.5 Å². The van der Waals surface area contributed by atoms with Gasteiger partial charge >= 0.3 is 23.9 Å². The molecule has 16 nitrogen and oxygen atoms in total. The Morgan fingerprint density at radius 1 is 0.500 bits per heavy atom. The van der Waals surface area contributed by atoms with Gasteiger partial charge in [-0.25, -0.2) is 26.9 Å². The SMILES string of the molecule is CCOC(=O)CC1CC=C(c2c(F)cncc2Cl)CC1.CCOC(=O)CC1CCC(=O)CC1.CCOC(=O)CC1CCC(O)(c2c(F)cncc2Cl)CC1.CCOC(=O)CC1CCC(c2c(F)cncc2Cl)CC1.Fc1cnc(Br)c(Cl)c1.OCCC1CCC(c2c(F)cncc2Cl)CC1. The lowest BCUT2D eigenvalue weighted by Crippen LogP contribution is -2.33. The molecule has 1 atom stereocenters. The number of ether oxygens (including phenoxy) is 4. The largest absolute Gasteiger partial charge is 0.466 e. The Morgan fingerprint density at radius 2 is 0.900 bits per heavy atom. The zero-order valence-corrected chi connectivity index (χ0v) is 62.2. The molecule has 0 spiro atoms. The fourth-order valence-corrected chi connectivity index (χ4v) is 14.7. The number of halogens is 11. The third kappa shape index (κ3) is 28.6. The molecular weight excluding hydrogens is 1470 g/mol. The molecule has 1 unspecified atom stereocenters. The predicted molar refractivity (Wildman–Crippen MR) is 378 cm³/mol. The number of aromatic nitrogens is 5. The number of hydrogen-bond acceptors (Lipinski definition) is 16. The van der Waals surface area contributed by atoms with Gasteiger partial charge in [0, 0.05) is 92.2 Å². The number of ketones is 1. The highest BCUT2D eigenvalue weighted by Gasteiger charge is 2.39. The molecule has 5 aliphatic rings. The van der Waals surface area contributed by atoms with Crippen LogP contribution in [0.25, 0.3) is 5.57 Å². The molecule has 0 radical (unpaired) electrons. The van der Waals surface area contributed by atoms with Crippen molar-refractivity contribution < 1.29 is 75.1 Å². The second-order valence-electron chi connectivity index (χ2n) is 25.2. The summed E-state index contributed by atoms with van der Waals surface area (Å²) in [7, 11) is 0. The zero-order valence-electron chi connectivity index (χ0n) is 56.9. The minimum absolute atomic E-state index is 0.119. The first-order valence-corrected chi connectivity index (χ1v) is 36.8. The normalized spacial score (nSPS) is 21.1. The van der Waals surface area contributed by atoms with Crippen LogP contribution < -0.4 is 0 Å². The first kappa shape index (κ1) is 85.2. The van der Waals surface area contributed by atoms with Gasteiger partial charge in [0.05, 0.1) is 88.1 Å². The van der Waals surface area contributed by atoms with E-state index in [9.17, 15) is 51.0 Å². The third-order valence-corrected chi connectivity index (χ3v) is 20.6. The number of pyridine rings is 5. The fourth-order valence-electron chi connectivity index (χ4n) is 13.1. The number of carbonyl (C=O) groups is 5. The molecule has 550 valence electrons. The van der Waals surface area contributed by atoms with Crippen LogP contribution in [0.5, 0.6) is 0 Å². The van der Waals surface area contributed by atoms with E-state index in [2.05, 4.69) is 40.8 Å². The van der Waals surface area contributed by atoms with Crippen LogP contribution >= 0.6 is 73.9 Å². The van der Waals surface area contributed by atoms with Crippen LogP contribution in [0.15, 0.2) is 72.5 Å². The number of aliphatic hydroxyl groups is 2. The van der Waals surface area contributed by atoms with Crippen LogP contribution in [0.1, 0.15) is 216 Å². The van der Waals surface area contributed by atoms with Crippen molar-refractivity contribution in [3.8, 4) is 0 Å². The molecule has 5 aromatic heterocycles. The highest BCUT2D eigenvalue weighted by Crippen LogP contribution is 2.45. The lowest BCUT2D eigenvalue weighted by Gasteiger charge is -2.36. The van der Waals surface area contributed by atoms with Crippen molar-refractivity contribution in [3.63, 3.8) is 0 Å². The van der Waals surface area contributed by atoms with E-state index in [4.69, 9.17) is 82.1 Å². The van der Waals surface area contributed by atoms with E-state index >= 15 is 0 Å². The predicted octanol–water partition coefficient (Wildman–Crippen LogP) is 19.2. The monoisotopic (exact) mass is 1560 g/mol. The number of rotatable bonds is 18. The standard InChI is InChI=1S/C15H19ClFNO3.C15H19ClFNO2.C15H17ClFNO2.C13H17ClFNO.C10H16O3.C5H2BrClFN/c1-2-21-13(19)7-10-3-5-15(20,6-4-10)14-11(16)8-18-9-12(14)17;2*1-2-20-14(19)7-10-3-5-11(6-4-10)15-12(16)8-18-9-13(15)17;14-11-7-16-8-12(15)13(11)10-3-1-9(2-4-10)5-6-17;1-2-13-10(12)7-8-3-5-9(11)6-4-8;6-5-4(7)1-3(8)2-9-5/h8-10,20H,2-7H2,1H3;8-11H,2-7H2,1H3;5,8-10H,2-4,6-7H2,1H3;7-10,17H,1-6H2;8H,2-7H2,1H3;1-2H. The third-order valence-electron chi connectivity index (χ3n) is 18.2. The average Bonchev–Trinajstić information content (AvgIpc) is 0.802. The van der Waals surface area contributed by atoms with Crippen LogP contribution in [0.3, 0.4) is 0 Å². The molecule has 27 heteroatoms. The quantitative estimate of drug-likeness (QED) is 0.0360. The molecule has 0 aromatic carbocycles. The van der Waals surface area contributed by atoms with Crippen molar-refractivity contribution >= 4 is 109 Å². The molecule has 4 fully saturated rings. The van der Waals surface area contributed by atoms with E-state index in [0.29, 0.717) is 157 Å². The molecule has 5 heterocycles. The van der Waals surface area contributed by atoms with Gasteiger partial charge in [-0.2, -0.15) is 0 Å². The molecule has 4 saturated carbocycles. The Hall–Kier alpha value is -5.46. The Bertz CT molecular complexity index is 3360. The highest BCUT2D eigenvalue weighted by molar-refractivity contribution is 9.10. The van der Waals surface area contributed by atoms with Gasteiger partial charge in [-0.1, -0.05) is 64.1 Å². The molecule has 0 amide bonds. The molecule has 10 rings (SSSR count). The Balaban J connectivity index is 0.000000220. The van der Waals surface area contributed by atoms with E-state index in [1.54, 1.807) is 13.8 Å². The number of nitrogens with zero attached hydrogens (tertiary/aromatic N) is 5. The number of carbonyl (C=O) groups excluding carboxylic acids is 5. The average molecular weight is 1570 g/mol. The summed E-state index contributed by atoms with van der Waals surface area (Å²) in [5.41, 5.74) is 1.38. The van der Waals surface area contributed by atoms with Crippen LogP contribution in [0.4, 0.5) is 22.0 Å². The lowest BCUT2D eigenvalue weighted by atomic mass is 9.74. The summed E-state index contributed by atoms with van der Waals surface area (Å²) < 4.78 is 87.5. The van der Waals surface area contributed by atoms with Gasteiger partial charge in [0.2, 0.25) is 0 Å². The maximum absolute atomic E-state index is 13.9. The Kier molecular flexibility index (Phi) is 38.3. The smallest absolute Gasteiger partial charge is 0.306 e. The summed E-state index contributed by atoms with van der Waals surface area (Å²) in [4.78, 5) is 74.8. The second kappa shape index (κ2) is 44.9. The number of allylic oxidation sites excluding steroid dienone is 2.